The van der Waals surface area contributed by atoms with Crippen LogP contribution in [0.1, 0.15) is 0 Å². The lowest BCUT2D eigenvalue weighted by Gasteiger charge is -2.12. The van der Waals surface area contributed by atoms with Crippen molar-refractivity contribution in [2.24, 2.45) is 0 Å². The number of carbonyl (C=O) groups excluding carboxylic acids is 1. The van der Waals surface area contributed by atoms with E-state index in [9.17, 15) is 15.2 Å². The number of rotatable bonds is 0. The van der Waals surface area contributed by atoms with Crippen LogP contribution in [-0.4, -0.2) is 12.5 Å². The number of quaternary nitrogens is 2. The molecule has 1 fully saturated rings. The molecular weight excluding hydrogens is 114 g/mol. The predicted octanol–water partition coefficient (Wildman–Crippen LogP) is -4.29. The van der Waals surface area contributed by atoms with E-state index in [2.05, 4.69) is 0 Å². The Morgan fingerprint density at radius 2 is 2.25 bits per heavy atom. The topological polar surface area (TPSA) is 84.1 Å². The Labute approximate surface area is 44.8 Å². The molecule has 46 valence electrons. The van der Waals surface area contributed by atoms with Crippen LogP contribution in [-0.2, 0) is 4.79 Å². The van der Waals surface area contributed by atoms with Crippen LogP contribution in [0.4, 0.5) is 0 Å². The Kier molecular flexibility index (Phi) is 1.24. The molecule has 0 radical (unpaired) electrons. The van der Waals surface area contributed by atoms with Crippen molar-refractivity contribution in [2.45, 2.75) is 0 Å². The zero-order valence-electron chi connectivity index (χ0n) is 3.93. The summed E-state index contributed by atoms with van der Waals surface area (Å²) in [7, 11) is 0. The molecule has 6 nitrogen and oxygen atoms in total. The van der Waals surface area contributed by atoms with Crippen molar-refractivity contribution < 1.29 is 15.1 Å². The number of hydroxylamine groups is 2. The lowest BCUT2D eigenvalue weighted by molar-refractivity contribution is -1.04. The third kappa shape index (κ3) is 0.831. The van der Waals surface area contributed by atoms with E-state index in [1.165, 1.54) is 0 Å². The number of hydrogen-bond donors (Lipinski definition) is 3. The summed E-state index contributed by atoms with van der Waals surface area (Å²) in [5.41, 5.74) is 1.84. The Morgan fingerprint density at radius 3 is 2.38 bits per heavy atom. The lowest BCUT2D eigenvalue weighted by Crippen LogP contribution is -3.28. The van der Waals surface area contributed by atoms with E-state index in [0.717, 1.165) is 0 Å². The molecule has 2 atom stereocenters. The van der Waals surface area contributed by atoms with Gasteiger partial charge in [-0.25, -0.2) is 9.97 Å². The highest BCUT2D eigenvalue weighted by Gasteiger charge is 2.25. The normalized spacial score (nSPS) is 38.5. The van der Waals surface area contributed by atoms with Crippen molar-refractivity contribution >= 4 is 5.91 Å². The van der Waals surface area contributed by atoms with E-state index in [0.29, 0.717) is 0 Å². The monoisotopic (exact) mass is 119 g/mol. The van der Waals surface area contributed by atoms with E-state index in [4.69, 9.17) is 0 Å². The number of hydrogen-bond acceptors (Lipinski definition) is 4. The molecule has 0 aromatic rings. The minimum absolute atomic E-state index is 0.279. The molecule has 2 unspecified atom stereocenters. The summed E-state index contributed by atoms with van der Waals surface area (Å²) in [6.45, 7) is -0.279. The van der Waals surface area contributed by atoms with Crippen molar-refractivity contribution in [3.63, 3.8) is 0 Å². The van der Waals surface area contributed by atoms with E-state index in [1.54, 1.807) is 0 Å². The number of amides is 1. The van der Waals surface area contributed by atoms with Gasteiger partial charge < -0.3 is 10.4 Å². The first-order valence-electron chi connectivity index (χ1n) is 2.07. The van der Waals surface area contributed by atoms with Crippen molar-refractivity contribution in [3.05, 3.63) is 10.4 Å². The molecular formula is C2H5N3O3. The summed E-state index contributed by atoms with van der Waals surface area (Å²) in [6, 6.07) is 0. The Balaban J connectivity index is 2.51. The highest BCUT2D eigenvalue weighted by atomic mass is 16.6. The second-order valence-corrected chi connectivity index (χ2v) is 1.48. The van der Waals surface area contributed by atoms with Gasteiger partial charge >= 0.3 is 5.91 Å². The Morgan fingerprint density at radius 1 is 1.62 bits per heavy atom. The highest BCUT2D eigenvalue weighted by Crippen LogP contribution is 1.48. The second-order valence-electron chi connectivity index (χ2n) is 1.48. The van der Waals surface area contributed by atoms with Crippen LogP contribution in [0.15, 0.2) is 0 Å². The van der Waals surface area contributed by atoms with Gasteiger partial charge in [0.15, 0.2) is 0 Å². The van der Waals surface area contributed by atoms with Gasteiger partial charge in [-0.15, -0.1) is 0 Å². The van der Waals surface area contributed by atoms with Gasteiger partial charge in [-0.3, -0.25) is 0 Å². The molecule has 0 spiro atoms. The molecule has 1 rings (SSSR count). The van der Waals surface area contributed by atoms with Gasteiger partial charge in [0, 0.05) is 0 Å². The summed E-state index contributed by atoms with van der Waals surface area (Å²) in [6.07, 6.45) is 0. The molecule has 1 heterocycles. The fourth-order valence-electron chi connectivity index (χ4n) is 0.467. The first kappa shape index (κ1) is 5.60. The van der Waals surface area contributed by atoms with E-state index >= 15 is 0 Å². The quantitative estimate of drug-likeness (QED) is 0.282. The minimum Gasteiger partial charge on any atom is -0.609 e. The van der Waals surface area contributed by atoms with Crippen LogP contribution in [0.25, 0.3) is 0 Å². The molecule has 3 N–H and O–H groups in total. The maximum Gasteiger partial charge on any atom is 0.392 e. The van der Waals surface area contributed by atoms with Crippen LogP contribution in [0.3, 0.4) is 0 Å². The smallest absolute Gasteiger partial charge is 0.392 e. The fourth-order valence-corrected chi connectivity index (χ4v) is 0.467. The van der Waals surface area contributed by atoms with E-state index < -0.39 is 16.3 Å². The first-order chi connectivity index (χ1) is 3.70. The number of carbonyl (C=O) groups is 1. The maximum atomic E-state index is 10.2. The molecule has 0 aromatic heterocycles. The molecule has 6 heteroatoms. The average Bonchev–Trinajstić information content (AvgIpc) is 1.85. The third-order valence-corrected chi connectivity index (χ3v) is 0.827. The summed E-state index contributed by atoms with van der Waals surface area (Å²) in [5.74, 6) is -0.644. The third-order valence-electron chi connectivity index (χ3n) is 0.827. The van der Waals surface area contributed by atoms with Crippen LogP contribution in [0.2, 0.25) is 0 Å². The lowest BCUT2D eigenvalue weighted by atomic mass is 10.6. The van der Waals surface area contributed by atoms with Crippen molar-refractivity contribution in [1.29, 1.82) is 0 Å². The Hall–Kier alpha value is -0.530. The van der Waals surface area contributed by atoms with Crippen molar-refractivity contribution in [1.82, 2.24) is 5.53 Å². The number of nitrogens with one attached hydrogen (secondary N) is 3. The second kappa shape index (κ2) is 1.77. The van der Waals surface area contributed by atoms with Gasteiger partial charge in [0.05, 0.1) is 0 Å². The summed E-state index contributed by atoms with van der Waals surface area (Å²) in [4.78, 5) is 10.2. The fraction of sp³-hybridized carbons (Fsp3) is 0.500. The zero-order valence-corrected chi connectivity index (χ0v) is 3.93. The average molecular weight is 119 g/mol. The summed E-state index contributed by atoms with van der Waals surface area (Å²) in [5, 5.41) is 18.9. The van der Waals surface area contributed by atoms with Gasteiger partial charge in [-0.2, -0.15) is 5.17 Å². The zero-order chi connectivity index (χ0) is 6.15. The molecule has 0 bridgehead atoms. The molecule has 8 heavy (non-hydrogen) atoms. The molecule has 0 saturated carbocycles. The van der Waals surface area contributed by atoms with Crippen molar-refractivity contribution in [2.75, 3.05) is 6.54 Å². The molecule has 0 aromatic carbocycles. The molecule has 1 aliphatic heterocycles. The summed E-state index contributed by atoms with van der Waals surface area (Å²) < 4.78 is 0. The minimum atomic E-state index is -0.782. The van der Waals surface area contributed by atoms with Crippen molar-refractivity contribution in [3.8, 4) is 0 Å². The molecule has 1 aliphatic rings. The largest absolute Gasteiger partial charge is 0.609 e. The van der Waals surface area contributed by atoms with Crippen LogP contribution in [0.5, 0.6) is 0 Å². The van der Waals surface area contributed by atoms with Crippen LogP contribution in [0, 0.1) is 10.4 Å². The van der Waals surface area contributed by atoms with Crippen LogP contribution >= 0.6 is 0 Å². The van der Waals surface area contributed by atoms with Gasteiger partial charge in [-0.05, 0) is 5.53 Å². The van der Waals surface area contributed by atoms with E-state index in [1.807, 2.05) is 5.53 Å². The maximum absolute atomic E-state index is 10.2. The standard InChI is InChI=1S/C2H5N3O3/c6-2-1-4(7)3-5(2)8/h3-5H,1H2. The SMILES string of the molecule is O=C1C[NH+]([O-])N[NH+]1[O-]. The summed E-state index contributed by atoms with van der Waals surface area (Å²) >= 11 is 0. The van der Waals surface area contributed by atoms with Gasteiger partial charge in [0.1, 0.15) is 0 Å². The molecule has 1 saturated heterocycles. The highest BCUT2D eigenvalue weighted by molar-refractivity contribution is 5.68. The van der Waals surface area contributed by atoms with E-state index in [-0.39, 0.29) is 6.54 Å². The molecule has 0 aliphatic carbocycles. The van der Waals surface area contributed by atoms with Gasteiger partial charge in [-0.1, -0.05) is 0 Å². The Bertz CT molecular complexity index is 115. The first-order valence-corrected chi connectivity index (χ1v) is 2.07. The van der Waals surface area contributed by atoms with Gasteiger partial charge in [0.2, 0.25) is 6.54 Å². The predicted molar refractivity (Wildman–Crippen MR) is 21.7 cm³/mol. The van der Waals surface area contributed by atoms with Gasteiger partial charge in [0.25, 0.3) is 0 Å². The molecule has 1 amide bonds. The van der Waals surface area contributed by atoms with Crippen LogP contribution < -0.4 is 15.9 Å².